The summed E-state index contributed by atoms with van der Waals surface area (Å²) in [6, 6.07) is 14.4. The standard InChI is InChI=1S/C16H14FNO.C13H24N2O3.C2H6/c17-14-7-5-13(6-8-14)16-15-4-2-1-3-12(15)9-10-18(16)11-19;1-12(2,3)18-11(16)15-7-8-17-13(10-15)5-6-14(4)9-13;1-2/h1-8,11,16H,9-10H2;5-10H2,1-4H3;1-2H3/t16-;13-;/m00./s1. The first-order valence-corrected chi connectivity index (χ1v) is 13.9. The molecule has 0 aromatic heterocycles. The highest BCUT2D eigenvalue weighted by Gasteiger charge is 2.43. The lowest BCUT2D eigenvalue weighted by molar-refractivity contribution is -0.119. The van der Waals surface area contributed by atoms with Gasteiger partial charge in [0, 0.05) is 26.2 Å². The fourth-order valence-corrected chi connectivity index (χ4v) is 5.33. The molecule has 0 bridgehead atoms. The van der Waals surface area contributed by atoms with Crippen molar-refractivity contribution >= 4 is 12.5 Å². The number of likely N-dealkylation sites (tertiary alicyclic amines) is 1. The normalized spacial score (nSPS) is 22.7. The molecule has 0 N–H and O–H groups in total. The summed E-state index contributed by atoms with van der Waals surface area (Å²) in [4.78, 5) is 29.1. The summed E-state index contributed by atoms with van der Waals surface area (Å²) in [5.41, 5.74) is 2.72. The predicted molar refractivity (Wildman–Crippen MR) is 151 cm³/mol. The average molecular weight is 542 g/mol. The van der Waals surface area contributed by atoms with Gasteiger partial charge in [-0.15, -0.1) is 0 Å². The molecule has 0 unspecified atom stereocenters. The number of likely N-dealkylation sites (N-methyl/N-ethyl adjacent to an activating group) is 1. The maximum atomic E-state index is 13.0. The van der Waals surface area contributed by atoms with Gasteiger partial charge in [0.15, 0.2) is 0 Å². The van der Waals surface area contributed by atoms with Gasteiger partial charge in [0.05, 0.1) is 24.8 Å². The number of hydrogen-bond acceptors (Lipinski definition) is 5. The molecule has 2 aromatic rings. The SMILES string of the molecule is CC.CN1CC[C@]2(C1)CN(C(=O)OC(C)(C)C)CCO2.O=CN1CCc2ccccc2[C@@H]1c1ccc(F)cc1. The fraction of sp³-hybridized carbons (Fsp3) is 0.548. The molecule has 3 aliphatic rings. The van der Waals surface area contributed by atoms with Crippen molar-refractivity contribution in [3.63, 3.8) is 0 Å². The average Bonchev–Trinajstić information content (AvgIpc) is 3.28. The van der Waals surface area contributed by atoms with Crippen molar-refractivity contribution in [2.75, 3.05) is 46.4 Å². The van der Waals surface area contributed by atoms with Gasteiger partial charge in [-0.3, -0.25) is 4.79 Å². The summed E-state index contributed by atoms with van der Waals surface area (Å²) in [6.45, 7) is 14.2. The highest BCUT2D eigenvalue weighted by molar-refractivity contribution is 5.68. The van der Waals surface area contributed by atoms with E-state index in [4.69, 9.17) is 9.47 Å². The molecule has 3 heterocycles. The van der Waals surface area contributed by atoms with Crippen molar-refractivity contribution in [3.05, 3.63) is 71.0 Å². The minimum Gasteiger partial charge on any atom is -0.444 e. The van der Waals surface area contributed by atoms with E-state index < -0.39 is 5.60 Å². The number of nitrogens with zero attached hydrogens (tertiary/aromatic N) is 3. The molecule has 2 amide bonds. The molecule has 39 heavy (non-hydrogen) atoms. The van der Waals surface area contributed by atoms with Gasteiger partial charge in [-0.05, 0) is 69.5 Å². The van der Waals surface area contributed by atoms with Gasteiger partial charge in [0.25, 0.3) is 0 Å². The minimum atomic E-state index is -0.435. The van der Waals surface area contributed by atoms with Crippen LogP contribution in [-0.2, 0) is 20.7 Å². The number of morpholine rings is 1. The third kappa shape index (κ3) is 8.02. The highest BCUT2D eigenvalue weighted by atomic mass is 19.1. The molecule has 7 nitrogen and oxygen atoms in total. The van der Waals surface area contributed by atoms with Gasteiger partial charge < -0.3 is 24.2 Å². The zero-order valence-electron chi connectivity index (χ0n) is 24.3. The number of amides is 2. The number of rotatable bonds is 2. The van der Waals surface area contributed by atoms with E-state index in [-0.39, 0.29) is 23.6 Å². The molecule has 0 aliphatic carbocycles. The van der Waals surface area contributed by atoms with Crippen LogP contribution in [0.3, 0.4) is 0 Å². The molecule has 0 radical (unpaired) electrons. The number of carbonyl (C=O) groups excluding carboxylic acids is 2. The van der Waals surface area contributed by atoms with Crippen LogP contribution in [0.1, 0.15) is 63.8 Å². The lowest BCUT2D eigenvalue weighted by atomic mass is 9.88. The van der Waals surface area contributed by atoms with E-state index in [2.05, 4.69) is 18.0 Å². The van der Waals surface area contributed by atoms with Gasteiger partial charge in [-0.2, -0.15) is 0 Å². The molecule has 5 rings (SSSR count). The number of carbonyl (C=O) groups is 2. The van der Waals surface area contributed by atoms with Crippen molar-refractivity contribution in [2.24, 2.45) is 0 Å². The van der Waals surface area contributed by atoms with E-state index in [1.54, 1.807) is 21.9 Å². The molecule has 2 saturated heterocycles. The van der Waals surface area contributed by atoms with Crippen molar-refractivity contribution in [1.82, 2.24) is 14.7 Å². The number of ether oxygens (including phenoxy) is 2. The highest BCUT2D eigenvalue weighted by Crippen LogP contribution is 2.34. The summed E-state index contributed by atoms with van der Waals surface area (Å²) in [7, 11) is 2.09. The Balaban J connectivity index is 0.000000203. The van der Waals surface area contributed by atoms with E-state index in [0.29, 0.717) is 26.2 Å². The first kappa shape index (κ1) is 30.6. The van der Waals surface area contributed by atoms with Gasteiger partial charge in [-0.1, -0.05) is 50.2 Å². The first-order chi connectivity index (χ1) is 18.6. The predicted octanol–water partition coefficient (Wildman–Crippen LogP) is 5.28. The van der Waals surface area contributed by atoms with Gasteiger partial charge in [0.1, 0.15) is 11.4 Å². The largest absolute Gasteiger partial charge is 0.444 e. The van der Waals surface area contributed by atoms with Gasteiger partial charge in [-0.25, -0.2) is 9.18 Å². The van der Waals surface area contributed by atoms with Crippen molar-refractivity contribution in [1.29, 1.82) is 0 Å². The lowest BCUT2D eigenvalue weighted by Gasteiger charge is -2.40. The second kappa shape index (κ2) is 13.4. The molecule has 1 spiro atoms. The zero-order valence-corrected chi connectivity index (χ0v) is 24.3. The molecule has 3 aliphatic heterocycles. The molecule has 8 heteroatoms. The first-order valence-electron chi connectivity index (χ1n) is 13.9. The van der Waals surface area contributed by atoms with Crippen molar-refractivity contribution in [3.8, 4) is 0 Å². The molecule has 214 valence electrons. The quantitative estimate of drug-likeness (QED) is 0.484. The number of halogens is 1. The minimum absolute atomic E-state index is 0.108. The summed E-state index contributed by atoms with van der Waals surface area (Å²) in [6.07, 6.45) is 2.51. The van der Waals surface area contributed by atoms with Crippen LogP contribution in [0.15, 0.2) is 48.5 Å². The number of benzene rings is 2. The van der Waals surface area contributed by atoms with Gasteiger partial charge >= 0.3 is 6.09 Å². The van der Waals surface area contributed by atoms with E-state index in [1.807, 2.05) is 52.8 Å². The smallest absolute Gasteiger partial charge is 0.410 e. The second-order valence-corrected chi connectivity index (χ2v) is 11.2. The van der Waals surface area contributed by atoms with Gasteiger partial charge in [0.2, 0.25) is 6.41 Å². The van der Waals surface area contributed by atoms with Crippen molar-refractivity contribution in [2.45, 2.75) is 64.7 Å². The van der Waals surface area contributed by atoms with Crippen LogP contribution in [0.4, 0.5) is 9.18 Å². The van der Waals surface area contributed by atoms with Crippen LogP contribution >= 0.6 is 0 Å². The Morgan fingerprint density at radius 3 is 2.36 bits per heavy atom. The molecule has 2 aromatic carbocycles. The van der Waals surface area contributed by atoms with Crippen LogP contribution < -0.4 is 0 Å². The number of hydrogen-bond donors (Lipinski definition) is 0. The molecular formula is C31H44FN3O4. The monoisotopic (exact) mass is 541 g/mol. The summed E-state index contributed by atoms with van der Waals surface area (Å²) >= 11 is 0. The lowest BCUT2D eigenvalue weighted by Crippen LogP contribution is -2.55. The topological polar surface area (TPSA) is 62.3 Å². The summed E-state index contributed by atoms with van der Waals surface area (Å²) in [5, 5.41) is 0. The Morgan fingerprint density at radius 2 is 1.74 bits per heavy atom. The molecule has 2 atom stereocenters. The number of fused-ring (bicyclic) bond motifs is 1. The van der Waals surface area contributed by atoms with Crippen molar-refractivity contribution < 1.29 is 23.5 Å². The van der Waals surface area contributed by atoms with Crippen LogP contribution in [0.5, 0.6) is 0 Å². The van der Waals surface area contributed by atoms with E-state index in [9.17, 15) is 14.0 Å². The van der Waals surface area contributed by atoms with Crippen LogP contribution in [0.2, 0.25) is 0 Å². The summed E-state index contributed by atoms with van der Waals surface area (Å²) in [5.74, 6) is -0.259. The van der Waals surface area contributed by atoms with Crippen LogP contribution in [-0.4, -0.2) is 84.8 Å². The molecule has 2 fully saturated rings. The molecular weight excluding hydrogens is 497 g/mol. The third-order valence-electron chi connectivity index (χ3n) is 7.05. The third-order valence-corrected chi connectivity index (χ3v) is 7.05. The maximum absolute atomic E-state index is 13.0. The Morgan fingerprint density at radius 1 is 1.05 bits per heavy atom. The van der Waals surface area contributed by atoms with E-state index in [1.165, 1.54) is 17.7 Å². The zero-order chi connectivity index (χ0) is 28.6. The second-order valence-electron chi connectivity index (χ2n) is 11.2. The Labute approximate surface area is 232 Å². The Kier molecular flexibility index (Phi) is 10.5. The fourth-order valence-electron chi connectivity index (χ4n) is 5.33. The molecule has 0 saturated carbocycles. The Hall–Kier alpha value is -2.97. The van der Waals surface area contributed by atoms with E-state index >= 15 is 0 Å². The maximum Gasteiger partial charge on any atom is 0.410 e. The van der Waals surface area contributed by atoms with Crippen LogP contribution in [0, 0.1) is 5.82 Å². The Bertz CT molecular complexity index is 1080. The van der Waals surface area contributed by atoms with E-state index in [0.717, 1.165) is 43.5 Å². The summed E-state index contributed by atoms with van der Waals surface area (Å²) < 4.78 is 24.4. The van der Waals surface area contributed by atoms with Crippen LogP contribution in [0.25, 0.3) is 0 Å².